The highest BCUT2D eigenvalue weighted by Crippen LogP contribution is 2.14. The summed E-state index contributed by atoms with van der Waals surface area (Å²) in [6, 6.07) is 10.5. The van der Waals surface area contributed by atoms with Crippen LogP contribution in [0.4, 0.5) is 0 Å². The van der Waals surface area contributed by atoms with Crippen molar-refractivity contribution in [2.45, 2.75) is 52.1 Å². The van der Waals surface area contributed by atoms with Crippen molar-refractivity contribution < 1.29 is 0 Å². The number of rotatable bonds is 8. The van der Waals surface area contributed by atoms with Gasteiger partial charge in [0, 0.05) is 12.1 Å². The van der Waals surface area contributed by atoms with Gasteiger partial charge in [-0.05, 0) is 52.1 Å². The van der Waals surface area contributed by atoms with E-state index in [4.69, 9.17) is 5.73 Å². The van der Waals surface area contributed by atoms with Crippen LogP contribution in [0.25, 0.3) is 0 Å². The lowest BCUT2D eigenvalue weighted by Crippen LogP contribution is -2.39. The van der Waals surface area contributed by atoms with Crippen LogP contribution < -0.4 is 11.1 Å². The van der Waals surface area contributed by atoms with Gasteiger partial charge in [-0.25, -0.2) is 0 Å². The van der Waals surface area contributed by atoms with Gasteiger partial charge in [-0.15, -0.1) is 0 Å². The van der Waals surface area contributed by atoms with E-state index in [1.807, 2.05) is 6.07 Å². The third-order valence-electron chi connectivity index (χ3n) is 3.31. The van der Waals surface area contributed by atoms with Crippen LogP contribution in [0.3, 0.4) is 0 Å². The molecule has 2 heteroatoms. The molecule has 1 aromatic carbocycles. The molecule has 0 saturated carbocycles. The molecular weight excluding hydrogens is 232 g/mol. The number of hydrogen-bond donors (Lipinski definition) is 2. The lowest BCUT2D eigenvalue weighted by Gasteiger charge is -2.24. The topological polar surface area (TPSA) is 38.0 Å². The Labute approximate surface area is 118 Å². The maximum atomic E-state index is 6.31. The van der Waals surface area contributed by atoms with Crippen LogP contribution in [0.15, 0.2) is 42.0 Å². The summed E-state index contributed by atoms with van der Waals surface area (Å²) >= 11 is 0. The van der Waals surface area contributed by atoms with Crippen LogP contribution in [0.2, 0.25) is 0 Å². The van der Waals surface area contributed by atoms with E-state index in [-0.39, 0.29) is 5.54 Å². The van der Waals surface area contributed by atoms with Crippen molar-refractivity contribution in [3.63, 3.8) is 0 Å². The van der Waals surface area contributed by atoms with Gasteiger partial charge >= 0.3 is 0 Å². The molecule has 1 atom stereocenters. The molecule has 19 heavy (non-hydrogen) atoms. The van der Waals surface area contributed by atoms with Crippen LogP contribution in [0, 0.1) is 0 Å². The fourth-order valence-electron chi connectivity index (χ4n) is 2.02. The SMILES string of the molecule is CC(C)=CCC[C@](C)(N)CCNCc1ccccc1. The van der Waals surface area contributed by atoms with Crippen LogP contribution in [-0.4, -0.2) is 12.1 Å². The molecule has 0 aliphatic carbocycles. The number of benzene rings is 1. The Morgan fingerprint density at radius 3 is 2.53 bits per heavy atom. The second-order valence-corrected chi connectivity index (χ2v) is 5.89. The lowest BCUT2D eigenvalue weighted by molar-refractivity contribution is 0.392. The Kier molecular flexibility index (Phi) is 6.82. The third-order valence-corrected chi connectivity index (χ3v) is 3.31. The van der Waals surface area contributed by atoms with Crippen molar-refractivity contribution in [3.8, 4) is 0 Å². The molecule has 0 fully saturated rings. The Morgan fingerprint density at radius 2 is 1.89 bits per heavy atom. The largest absolute Gasteiger partial charge is 0.325 e. The summed E-state index contributed by atoms with van der Waals surface area (Å²) in [5, 5.41) is 3.46. The van der Waals surface area contributed by atoms with Gasteiger partial charge in [-0.1, -0.05) is 42.0 Å². The molecule has 0 bridgehead atoms. The Bertz CT molecular complexity index is 376. The molecule has 0 spiro atoms. The number of hydrogen-bond acceptors (Lipinski definition) is 2. The Balaban J connectivity index is 2.18. The average Bonchev–Trinajstić information content (AvgIpc) is 2.35. The molecule has 0 aliphatic heterocycles. The molecule has 0 aliphatic rings. The monoisotopic (exact) mass is 260 g/mol. The molecule has 0 aromatic heterocycles. The quantitative estimate of drug-likeness (QED) is 0.553. The van der Waals surface area contributed by atoms with Crippen molar-refractivity contribution in [1.82, 2.24) is 5.32 Å². The van der Waals surface area contributed by atoms with Crippen LogP contribution in [0.5, 0.6) is 0 Å². The maximum Gasteiger partial charge on any atom is 0.0205 e. The predicted octanol–water partition coefficient (Wildman–Crippen LogP) is 3.63. The van der Waals surface area contributed by atoms with Crippen LogP contribution in [0.1, 0.15) is 45.6 Å². The van der Waals surface area contributed by atoms with Gasteiger partial charge < -0.3 is 11.1 Å². The van der Waals surface area contributed by atoms with E-state index in [9.17, 15) is 0 Å². The lowest BCUT2D eigenvalue weighted by atomic mass is 9.92. The van der Waals surface area contributed by atoms with Crippen LogP contribution >= 0.6 is 0 Å². The zero-order valence-corrected chi connectivity index (χ0v) is 12.6. The van der Waals surface area contributed by atoms with Crippen molar-refractivity contribution in [3.05, 3.63) is 47.5 Å². The van der Waals surface area contributed by atoms with E-state index in [0.717, 1.165) is 32.4 Å². The summed E-state index contributed by atoms with van der Waals surface area (Å²) < 4.78 is 0. The van der Waals surface area contributed by atoms with Gasteiger partial charge in [-0.2, -0.15) is 0 Å². The van der Waals surface area contributed by atoms with E-state index in [1.165, 1.54) is 11.1 Å². The van der Waals surface area contributed by atoms with Gasteiger partial charge in [0.1, 0.15) is 0 Å². The highest BCUT2D eigenvalue weighted by molar-refractivity contribution is 5.14. The van der Waals surface area contributed by atoms with Gasteiger partial charge in [0.25, 0.3) is 0 Å². The van der Waals surface area contributed by atoms with Crippen molar-refractivity contribution in [1.29, 1.82) is 0 Å². The standard InChI is InChI=1S/C17H28N2/c1-15(2)8-7-11-17(3,18)12-13-19-14-16-9-5-4-6-10-16/h4-6,8-10,19H,7,11-14,18H2,1-3H3/t17-/m0/s1. The normalized spacial score (nSPS) is 13.9. The highest BCUT2D eigenvalue weighted by atomic mass is 14.9. The fourth-order valence-corrected chi connectivity index (χ4v) is 2.02. The van der Waals surface area contributed by atoms with Gasteiger partial charge in [-0.3, -0.25) is 0 Å². The summed E-state index contributed by atoms with van der Waals surface area (Å²) in [6.45, 7) is 8.31. The smallest absolute Gasteiger partial charge is 0.0205 e. The van der Waals surface area contributed by atoms with Crippen LogP contribution in [-0.2, 0) is 6.54 Å². The molecule has 0 unspecified atom stereocenters. The predicted molar refractivity (Wildman–Crippen MR) is 84.0 cm³/mol. The minimum atomic E-state index is -0.0738. The second-order valence-electron chi connectivity index (χ2n) is 5.89. The number of nitrogens with two attached hydrogens (primary N) is 1. The summed E-state index contributed by atoms with van der Waals surface area (Å²) in [7, 11) is 0. The zero-order valence-electron chi connectivity index (χ0n) is 12.6. The average molecular weight is 260 g/mol. The second kappa shape index (κ2) is 8.13. The Hall–Kier alpha value is -1.12. The maximum absolute atomic E-state index is 6.31. The molecule has 1 aromatic rings. The first-order valence-electron chi connectivity index (χ1n) is 7.16. The molecule has 3 N–H and O–H groups in total. The van der Waals surface area contributed by atoms with Gasteiger partial charge in [0.2, 0.25) is 0 Å². The van der Waals surface area contributed by atoms with Crippen molar-refractivity contribution in [2.24, 2.45) is 5.73 Å². The Morgan fingerprint density at radius 1 is 1.21 bits per heavy atom. The zero-order chi connectivity index (χ0) is 14.1. The highest BCUT2D eigenvalue weighted by Gasteiger charge is 2.16. The first-order valence-corrected chi connectivity index (χ1v) is 7.16. The summed E-state index contributed by atoms with van der Waals surface area (Å²) in [5.74, 6) is 0. The van der Waals surface area contributed by atoms with E-state index in [2.05, 4.69) is 56.4 Å². The molecule has 0 amide bonds. The van der Waals surface area contributed by atoms with Gasteiger partial charge in [0.15, 0.2) is 0 Å². The van der Waals surface area contributed by atoms with E-state index in [0.29, 0.717) is 0 Å². The van der Waals surface area contributed by atoms with E-state index >= 15 is 0 Å². The van der Waals surface area contributed by atoms with Crippen molar-refractivity contribution in [2.75, 3.05) is 6.54 Å². The summed E-state index contributed by atoms with van der Waals surface area (Å²) in [5.41, 5.74) is 8.94. The first kappa shape index (κ1) is 15.9. The molecule has 2 nitrogen and oxygen atoms in total. The number of nitrogens with one attached hydrogen (secondary N) is 1. The molecule has 106 valence electrons. The van der Waals surface area contributed by atoms with E-state index < -0.39 is 0 Å². The molecule has 0 saturated heterocycles. The summed E-state index contributed by atoms with van der Waals surface area (Å²) in [6.07, 6.45) is 5.40. The minimum absolute atomic E-state index is 0.0738. The fraction of sp³-hybridized carbons (Fsp3) is 0.529. The molecular formula is C17H28N2. The third kappa shape index (κ3) is 7.81. The minimum Gasteiger partial charge on any atom is -0.325 e. The van der Waals surface area contributed by atoms with E-state index in [1.54, 1.807) is 0 Å². The molecule has 1 rings (SSSR count). The first-order chi connectivity index (χ1) is 8.99. The summed E-state index contributed by atoms with van der Waals surface area (Å²) in [4.78, 5) is 0. The van der Waals surface area contributed by atoms with Gasteiger partial charge in [0.05, 0.1) is 0 Å². The van der Waals surface area contributed by atoms with Crippen molar-refractivity contribution >= 4 is 0 Å². The molecule has 0 radical (unpaired) electrons. The molecule has 0 heterocycles. The number of allylic oxidation sites excluding steroid dienone is 2.